The molecule has 0 aromatic heterocycles. The van der Waals surface area contributed by atoms with Crippen molar-refractivity contribution in [3.63, 3.8) is 0 Å². The smallest absolute Gasteiger partial charge is 0.147 e. The maximum Gasteiger partial charge on any atom is -0.147 e. The Morgan fingerprint density at radius 3 is 1.35 bits per heavy atom. The second-order valence-corrected chi connectivity index (χ2v) is 10.7. The second-order valence-electron chi connectivity index (χ2n) is 5.99. The van der Waals surface area contributed by atoms with E-state index in [1.54, 1.807) is 22.7 Å². The van der Waals surface area contributed by atoms with Crippen LogP contribution in [0.4, 0.5) is 0 Å². The minimum Gasteiger partial charge on any atom is -0.147 e. The molecular formula is C17H26Cl2Ti. The fourth-order valence-electron chi connectivity index (χ4n) is 2.89. The average Bonchev–Trinajstić information content (AvgIpc) is 2.73. The van der Waals surface area contributed by atoms with E-state index in [0.717, 1.165) is 0 Å². The van der Waals surface area contributed by atoms with E-state index < -0.39 is 17.4 Å². The Balaban J connectivity index is 0.00000180. The SMILES string of the molecule is CC1=C(C)C[C]([Ti]([C]2=CC(C)=C(C)C2)=[C](C)C)=C1.Cl.Cl. The molecule has 0 aromatic carbocycles. The maximum absolute atomic E-state index is 2.49. The number of hydrogen-bond donors (Lipinski definition) is 0. The summed E-state index contributed by atoms with van der Waals surface area (Å²) in [6.45, 7) is 13.8. The first kappa shape index (κ1) is 20.1. The maximum atomic E-state index is 2.49. The van der Waals surface area contributed by atoms with Crippen LogP contribution in [0.15, 0.2) is 42.2 Å². The molecule has 0 nitrogen and oxygen atoms in total. The molecule has 2 aliphatic rings. The van der Waals surface area contributed by atoms with E-state index in [4.69, 9.17) is 0 Å². The summed E-state index contributed by atoms with van der Waals surface area (Å²) in [5.41, 5.74) is 6.18. The van der Waals surface area contributed by atoms with Gasteiger partial charge in [0.1, 0.15) is 0 Å². The number of hydrogen-bond acceptors (Lipinski definition) is 0. The fourth-order valence-corrected chi connectivity index (χ4v) is 8.05. The fraction of sp³-hybridized carbons (Fsp3) is 0.471. The van der Waals surface area contributed by atoms with Crippen molar-refractivity contribution in [3.05, 3.63) is 42.2 Å². The topological polar surface area (TPSA) is 0 Å². The summed E-state index contributed by atoms with van der Waals surface area (Å²) in [6.07, 6.45) is 7.45. The van der Waals surface area contributed by atoms with Crippen LogP contribution in [0.3, 0.4) is 0 Å². The van der Waals surface area contributed by atoms with Crippen molar-refractivity contribution >= 4 is 28.6 Å². The van der Waals surface area contributed by atoms with Crippen molar-refractivity contribution in [2.45, 2.75) is 54.4 Å². The Bertz CT molecular complexity index is 510. The van der Waals surface area contributed by atoms with Gasteiger partial charge in [0.15, 0.2) is 0 Å². The molecule has 0 saturated heterocycles. The van der Waals surface area contributed by atoms with Crippen LogP contribution in [0, 0.1) is 0 Å². The van der Waals surface area contributed by atoms with Gasteiger partial charge in [-0.15, -0.1) is 24.8 Å². The molecule has 0 fully saturated rings. The molecule has 0 unspecified atom stereocenters. The summed E-state index contributed by atoms with van der Waals surface area (Å²) in [4.78, 5) is 0. The van der Waals surface area contributed by atoms with Crippen LogP contribution in [0.2, 0.25) is 0 Å². The van der Waals surface area contributed by atoms with Crippen LogP contribution < -0.4 is 0 Å². The monoisotopic (exact) mass is 348 g/mol. The molecule has 0 bridgehead atoms. The van der Waals surface area contributed by atoms with Crippen molar-refractivity contribution < 1.29 is 17.4 Å². The van der Waals surface area contributed by atoms with E-state index in [1.165, 1.54) is 24.0 Å². The Morgan fingerprint density at radius 2 is 1.15 bits per heavy atom. The van der Waals surface area contributed by atoms with E-state index in [-0.39, 0.29) is 24.8 Å². The van der Waals surface area contributed by atoms with Crippen LogP contribution in [-0.4, -0.2) is 3.81 Å². The van der Waals surface area contributed by atoms with Gasteiger partial charge in [0.05, 0.1) is 0 Å². The first-order valence-electron chi connectivity index (χ1n) is 6.82. The Labute approximate surface area is 142 Å². The molecule has 3 heteroatoms. The number of halogens is 2. The van der Waals surface area contributed by atoms with Crippen LogP contribution in [-0.2, 0) is 17.4 Å². The van der Waals surface area contributed by atoms with Crippen molar-refractivity contribution in [2.75, 3.05) is 0 Å². The van der Waals surface area contributed by atoms with Gasteiger partial charge >= 0.3 is 118 Å². The van der Waals surface area contributed by atoms with Gasteiger partial charge in [0, 0.05) is 0 Å². The zero-order valence-corrected chi connectivity index (χ0v) is 16.6. The minimum atomic E-state index is -1.32. The number of allylic oxidation sites excluding steroid dienone is 8. The summed E-state index contributed by atoms with van der Waals surface area (Å²) in [6, 6.07) is 0. The van der Waals surface area contributed by atoms with Gasteiger partial charge < -0.3 is 0 Å². The third-order valence-electron chi connectivity index (χ3n) is 4.18. The summed E-state index contributed by atoms with van der Waals surface area (Å²) in [5.74, 6) is 0. The standard InChI is InChI=1S/2C7H9.C3H6.2ClH.Ti/c2*1-6-4-3-5-7(6)2;1-3-2;;;/h2*4H,5H2,1-2H3;1-2H3;2*1H;. The molecule has 20 heavy (non-hydrogen) atoms. The van der Waals surface area contributed by atoms with E-state index in [2.05, 4.69) is 53.7 Å². The molecule has 0 amide bonds. The Kier molecular flexibility index (Phi) is 7.99. The molecule has 0 N–H and O–H groups in total. The minimum absolute atomic E-state index is 0. The molecule has 0 heterocycles. The van der Waals surface area contributed by atoms with Crippen LogP contribution >= 0.6 is 24.8 Å². The zero-order chi connectivity index (χ0) is 13.4. The van der Waals surface area contributed by atoms with E-state index in [9.17, 15) is 0 Å². The molecule has 0 saturated carbocycles. The molecule has 112 valence electrons. The summed E-state index contributed by atoms with van der Waals surface area (Å²) >= 11 is -1.32. The molecule has 0 atom stereocenters. The second kappa shape index (κ2) is 7.94. The number of rotatable bonds is 2. The average molecular weight is 349 g/mol. The summed E-state index contributed by atoms with van der Waals surface area (Å²) in [7, 11) is 0. The van der Waals surface area contributed by atoms with Gasteiger partial charge in [0.25, 0.3) is 0 Å². The molecule has 0 radical (unpaired) electrons. The van der Waals surface area contributed by atoms with Crippen molar-refractivity contribution in [1.29, 1.82) is 0 Å². The van der Waals surface area contributed by atoms with E-state index >= 15 is 0 Å². The molecule has 0 aromatic rings. The van der Waals surface area contributed by atoms with E-state index in [1.807, 2.05) is 0 Å². The van der Waals surface area contributed by atoms with Crippen molar-refractivity contribution in [3.8, 4) is 0 Å². The first-order chi connectivity index (χ1) is 8.40. The van der Waals surface area contributed by atoms with Crippen molar-refractivity contribution in [1.82, 2.24) is 0 Å². The zero-order valence-electron chi connectivity index (χ0n) is 13.4. The third-order valence-corrected chi connectivity index (χ3v) is 8.75. The summed E-state index contributed by atoms with van der Waals surface area (Å²) in [5, 5.41) is 0. The predicted octanol–water partition coefficient (Wildman–Crippen LogP) is 5.91. The molecule has 0 aliphatic heterocycles. The van der Waals surface area contributed by atoms with Crippen LogP contribution in [0.5, 0.6) is 0 Å². The Morgan fingerprint density at radius 1 is 0.800 bits per heavy atom. The largest absolute Gasteiger partial charge is 0.147 e. The van der Waals surface area contributed by atoms with Gasteiger partial charge in [-0.1, -0.05) is 0 Å². The Hall–Kier alpha value is 0.124. The van der Waals surface area contributed by atoms with Gasteiger partial charge in [0.2, 0.25) is 0 Å². The molecular weight excluding hydrogens is 323 g/mol. The quantitative estimate of drug-likeness (QED) is 0.544. The van der Waals surface area contributed by atoms with Crippen LogP contribution in [0.25, 0.3) is 0 Å². The van der Waals surface area contributed by atoms with Gasteiger partial charge in [-0.2, -0.15) is 0 Å². The normalized spacial score (nSPS) is 17.5. The predicted molar refractivity (Wildman–Crippen MR) is 93.0 cm³/mol. The molecule has 2 rings (SSSR count). The van der Waals surface area contributed by atoms with Gasteiger partial charge in [-0.3, -0.25) is 0 Å². The van der Waals surface area contributed by atoms with Crippen molar-refractivity contribution in [2.24, 2.45) is 0 Å². The van der Waals surface area contributed by atoms with Crippen LogP contribution in [0.1, 0.15) is 54.4 Å². The summed E-state index contributed by atoms with van der Waals surface area (Å²) < 4.78 is 5.22. The molecule has 0 spiro atoms. The van der Waals surface area contributed by atoms with Gasteiger partial charge in [-0.05, 0) is 0 Å². The first-order valence-corrected chi connectivity index (χ1v) is 9.16. The molecule has 2 aliphatic carbocycles. The third kappa shape index (κ3) is 4.07. The van der Waals surface area contributed by atoms with Gasteiger partial charge in [-0.25, -0.2) is 0 Å². The van der Waals surface area contributed by atoms with E-state index in [0.29, 0.717) is 0 Å².